The summed E-state index contributed by atoms with van der Waals surface area (Å²) >= 11 is 0. The van der Waals surface area contributed by atoms with E-state index in [4.69, 9.17) is 0 Å². The van der Waals surface area contributed by atoms with Crippen molar-refractivity contribution in [2.45, 2.75) is 45.1 Å². The number of aliphatic hydroxyl groups is 1. The van der Waals surface area contributed by atoms with E-state index in [9.17, 15) is 14.7 Å². The first-order chi connectivity index (χ1) is 7.65. The Labute approximate surface area is 95.6 Å². The number of fused-ring (bicyclic) bond motifs is 1. The highest BCUT2D eigenvalue weighted by Crippen LogP contribution is 2.39. The van der Waals surface area contributed by atoms with Crippen LogP contribution in [0.4, 0.5) is 0 Å². The van der Waals surface area contributed by atoms with Crippen LogP contribution in [0.25, 0.3) is 0 Å². The quantitative estimate of drug-likeness (QED) is 0.724. The second-order valence-electron chi connectivity index (χ2n) is 4.82. The molecule has 16 heavy (non-hydrogen) atoms. The summed E-state index contributed by atoms with van der Waals surface area (Å²) in [5, 5.41) is 9.44. The predicted octanol–water partition coefficient (Wildman–Crippen LogP) is 0.933. The summed E-state index contributed by atoms with van der Waals surface area (Å²) in [4.78, 5) is 25.2. The molecular formula is C12H19NO3. The average molecular weight is 225 g/mol. The minimum Gasteiger partial charge on any atom is -0.393 e. The van der Waals surface area contributed by atoms with E-state index in [0.717, 1.165) is 19.3 Å². The molecule has 3 atom stereocenters. The molecule has 1 saturated heterocycles. The second kappa shape index (κ2) is 4.53. The summed E-state index contributed by atoms with van der Waals surface area (Å²) in [5.41, 5.74) is 0. The van der Waals surface area contributed by atoms with Gasteiger partial charge < -0.3 is 5.11 Å². The van der Waals surface area contributed by atoms with Gasteiger partial charge in [0, 0.05) is 6.54 Å². The van der Waals surface area contributed by atoms with Crippen LogP contribution >= 0.6 is 0 Å². The molecule has 2 aliphatic rings. The van der Waals surface area contributed by atoms with E-state index in [1.54, 1.807) is 0 Å². The molecule has 1 N–H and O–H groups in total. The van der Waals surface area contributed by atoms with Gasteiger partial charge in [-0.3, -0.25) is 14.5 Å². The molecule has 1 heterocycles. The van der Waals surface area contributed by atoms with E-state index in [2.05, 4.69) is 0 Å². The molecular weight excluding hydrogens is 206 g/mol. The Kier molecular flexibility index (Phi) is 3.28. The topological polar surface area (TPSA) is 57.6 Å². The lowest BCUT2D eigenvalue weighted by Crippen LogP contribution is -2.34. The predicted molar refractivity (Wildman–Crippen MR) is 58.5 cm³/mol. The van der Waals surface area contributed by atoms with E-state index in [-0.39, 0.29) is 23.7 Å². The number of carbonyl (C=O) groups excluding carboxylic acids is 2. The number of carbonyl (C=O) groups is 2. The Bertz CT molecular complexity index is 281. The lowest BCUT2D eigenvalue weighted by atomic mass is 10.00. The molecule has 4 heteroatoms. The first kappa shape index (κ1) is 11.6. The van der Waals surface area contributed by atoms with Gasteiger partial charge >= 0.3 is 0 Å². The summed E-state index contributed by atoms with van der Waals surface area (Å²) in [7, 11) is 0. The molecule has 4 nitrogen and oxygen atoms in total. The maximum Gasteiger partial charge on any atom is 0.233 e. The van der Waals surface area contributed by atoms with Gasteiger partial charge in [-0.25, -0.2) is 0 Å². The molecule has 3 unspecified atom stereocenters. The molecule has 0 radical (unpaired) electrons. The number of hydrogen-bond acceptors (Lipinski definition) is 3. The monoisotopic (exact) mass is 225 g/mol. The minimum atomic E-state index is -0.402. The third-order valence-corrected chi connectivity index (χ3v) is 3.84. The van der Waals surface area contributed by atoms with Gasteiger partial charge in [-0.15, -0.1) is 0 Å². The van der Waals surface area contributed by atoms with E-state index < -0.39 is 6.10 Å². The number of amides is 2. The van der Waals surface area contributed by atoms with Gasteiger partial charge in [0.25, 0.3) is 0 Å². The number of likely N-dealkylation sites (tertiary alicyclic amines) is 1. The Morgan fingerprint density at radius 2 is 1.88 bits per heavy atom. The number of imide groups is 1. The van der Waals surface area contributed by atoms with Crippen molar-refractivity contribution in [2.75, 3.05) is 6.54 Å². The first-order valence-electron chi connectivity index (χ1n) is 6.18. The van der Waals surface area contributed by atoms with Crippen molar-refractivity contribution in [3.8, 4) is 0 Å². The zero-order valence-corrected chi connectivity index (χ0v) is 9.69. The maximum absolute atomic E-state index is 11.9. The van der Waals surface area contributed by atoms with Crippen LogP contribution in [0.2, 0.25) is 0 Å². The van der Waals surface area contributed by atoms with Crippen molar-refractivity contribution in [1.29, 1.82) is 0 Å². The fourth-order valence-corrected chi connectivity index (χ4v) is 2.76. The van der Waals surface area contributed by atoms with Gasteiger partial charge in [0.1, 0.15) is 0 Å². The first-order valence-corrected chi connectivity index (χ1v) is 6.18. The average Bonchev–Trinajstić information content (AvgIpc) is 2.83. The molecule has 0 spiro atoms. The van der Waals surface area contributed by atoms with Crippen molar-refractivity contribution in [1.82, 2.24) is 4.90 Å². The molecule has 0 aromatic heterocycles. The van der Waals surface area contributed by atoms with Crippen molar-refractivity contribution in [3.63, 3.8) is 0 Å². The zero-order chi connectivity index (χ0) is 11.7. The zero-order valence-electron chi connectivity index (χ0n) is 9.69. The number of hydrogen-bond donors (Lipinski definition) is 1. The van der Waals surface area contributed by atoms with E-state index in [1.807, 2.05) is 6.92 Å². The van der Waals surface area contributed by atoms with Gasteiger partial charge in [-0.2, -0.15) is 0 Å². The fraction of sp³-hybridized carbons (Fsp3) is 0.833. The summed E-state index contributed by atoms with van der Waals surface area (Å²) < 4.78 is 0. The Morgan fingerprint density at radius 1 is 1.31 bits per heavy atom. The molecule has 90 valence electrons. The fourth-order valence-electron chi connectivity index (χ4n) is 2.76. The molecule has 1 aliphatic carbocycles. The van der Waals surface area contributed by atoms with Crippen LogP contribution in [-0.2, 0) is 9.59 Å². The summed E-state index contributed by atoms with van der Waals surface area (Å²) in [5.74, 6) is -0.107. The number of aliphatic hydroxyl groups excluding tert-OH is 1. The molecule has 0 aromatic rings. The normalized spacial score (nSPS) is 31.0. The van der Waals surface area contributed by atoms with Crippen LogP contribution in [0.5, 0.6) is 0 Å². The minimum absolute atomic E-state index is 0.00389. The Balaban J connectivity index is 1.96. The number of nitrogens with zero attached hydrogens (tertiary/aromatic N) is 1. The standard InChI is InChI=1S/C12H19NO3/c1-2-8(14)6-7-13-11(15)9-4-3-5-10(9)12(13)16/h8-10,14H,2-7H2,1H3. The molecule has 2 amide bonds. The highest BCUT2D eigenvalue weighted by Gasteiger charge is 2.49. The highest BCUT2D eigenvalue weighted by atomic mass is 16.3. The Hall–Kier alpha value is -0.900. The van der Waals surface area contributed by atoms with Crippen LogP contribution in [0.15, 0.2) is 0 Å². The lowest BCUT2D eigenvalue weighted by Gasteiger charge is -2.17. The molecule has 2 fully saturated rings. The summed E-state index contributed by atoms with van der Waals surface area (Å²) in [6.07, 6.45) is 3.50. The van der Waals surface area contributed by atoms with Gasteiger partial charge in [0.05, 0.1) is 17.9 Å². The van der Waals surface area contributed by atoms with Crippen LogP contribution in [0.3, 0.4) is 0 Å². The molecule has 1 aliphatic heterocycles. The third-order valence-electron chi connectivity index (χ3n) is 3.84. The molecule has 0 aromatic carbocycles. The van der Waals surface area contributed by atoms with E-state index >= 15 is 0 Å². The second-order valence-corrected chi connectivity index (χ2v) is 4.82. The van der Waals surface area contributed by atoms with E-state index in [0.29, 0.717) is 19.4 Å². The molecule has 1 saturated carbocycles. The summed E-state index contributed by atoms with van der Waals surface area (Å²) in [6.45, 7) is 2.28. The van der Waals surface area contributed by atoms with Gasteiger partial charge in [-0.05, 0) is 25.7 Å². The van der Waals surface area contributed by atoms with Crippen LogP contribution in [0, 0.1) is 11.8 Å². The number of rotatable bonds is 4. The van der Waals surface area contributed by atoms with Crippen molar-refractivity contribution in [2.24, 2.45) is 11.8 Å². The van der Waals surface area contributed by atoms with Crippen molar-refractivity contribution < 1.29 is 14.7 Å². The van der Waals surface area contributed by atoms with Crippen LogP contribution in [-0.4, -0.2) is 34.5 Å². The Morgan fingerprint density at radius 3 is 2.38 bits per heavy atom. The smallest absolute Gasteiger partial charge is 0.233 e. The van der Waals surface area contributed by atoms with Gasteiger partial charge in [-0.1, -0.05) is 13.3 Å². The van der Waals surface area contributed by atoms with Gasteiger partial charge in [0.15, 0.2) is 0 Å². The highest BCUT2D eigenvalue weighted by molar-refractivity contribution is 6.05. The van der Waals surface area contributed by atoms with Crippen molar-refractivity contribution in [3.05, 3.63) is 0 Å². The van der Waals surface area contributed by atoms with E-state index in [1.165, 1.54) is 4.90 Å². The largest absolute Gasteiger partial charge is 0.393 e. The lowest BCUT2D eigenvalue weighted by molar-refractivity contribution is -0.140. The maximum atomic E-state index is 11.9. The third kappa shape index (κ3) is 1.86. The SMILES string of the molecule is CCC(O)CCN1C(=O)C2CCCC2C1=O. The van der Waals surface area contributed by atoms with Crippen LogP contribution < -0.4 is 0 Å². The van der Waals surface area contributed by atoms with Gasteiger partial charge in [0.2, 0.25) is 11.8 Å². The molecule has 2 rings (SSSR count). The van der Waals surface area contributed by atoms with Crippen LogP contribution in [0.1, 0.15) is 39.0 Å². The van der Waals surface area contributed by atoms with Crippen molar-refractivity contribution >= 4 is 11.8 Å². The summed E-state index contributed by atoms with van der Waals surface area (Å²) in [6, 6.07) is 0. The molecule has 0 bridgehead atoms.